The fraction of sp³-hybridized carbons (Fsp3) is 0.600. The monoisotopic (exact) mass is 314 g/mol. The summed E-state index contributed by atoms with van der Waals surface area (Å²) in [6.45, 7) is 2.79. The molecule has 1 aliphatic heterocycles. The van der Waals surface area contributed by atoms with Gasteiger partial charge in [0, 0.05) is 6.61 Å². The van der Waals surface area contributed by atoms with Gasteiger partial charge in [-0.1, -0.05) is 12.1 Å². The van der Waals surface area contributed by atoms with Gasteiger partial charge in [0.2, 0.25) is 0 Å². The van der Waals surface area contributed by atoms with Gasteiger partial charge < -0.3 is 9.47 Å². The maximum Gasteiger partial charge on any atom is 0.294 e. The van der Waals surface area contributed by atoms with Gasteiger partial charge in [-0.25, -0.2) is 0 Å². The Labute approximate surface area is 126 Å². The average molecular weight is 314 g/mol. The van der Waals surface area contributed by atoms with Crippen molar-refractivity contribution in [3.05, 3.63) is 29.8 Å². The van der Waals surface area contributed by atoms with E-state index in [0.29, 0.717) is 0 Å². The van der Waals surface area contributed by atoms with Crippen LogP contribution in [0.4, 0.5) is 0 Å². The molecule has 0 amide bonds. The van der Waals surface area contributed by atoms with Gasteiger partial charge in [0.1, 0.15) is 0 Å². The van der Waals surface area contributed by atoms with Crippen LogP contribution in [0.5, 0.6) is 0 Å². The molecule has 1 saturated heterocycles. The molecule has 2 unspecified atom stereocenters. The van der Waals surface area contributed by atoms with E-state index in [9.17, 15) is 8.42 Å². The zero-order chi connectivity index (χ0) is 15.3. The lowest BCUT2D eigenvalue weighted by Gasteiger charge is -2.26. The first-order chi connectivity index (χ1) is 9.95. The van der Waals surface area contributed by atoms with Crippen LogP contribution >= 0.6 is 0 Å². The number of benzene rings is 1. The predicted octanol–water partition coefficient (Wildman–Crippen LogP) is 2.80. The van der Waals surface area contributed by atoms with Crippen LogP contribution in [0, 0.1) is 0 Å². The van der Waals surface area contributed by atoms with Gasteiger partial charge >= 0.3 is 0 Å². The quantitative estimate of drug-likeness (QED) is 0.817. The lowest BCUT2D eigenvalue weighted by atomic mass is 10.1. The Bertz CT molecular complexity index is 532. The summed E-state index contributed by atoms with van der Waals surface area (Å²) in [5.41, 5.74) is 1.02. The molecule has 0 aromatic heterocycles. The second-order valence-electron chi connectivity index (χ2n) is 5.40. The Kier molecular flexibility index (Phi) is 5.75. The minimum Gasteiger partial charge on any atom is -0.353 e. The lowest BCUT2D eigenvalue weighted by molar-refractivity contribution is -0.185. The normalized spacial score (nSPS) is 21.1. The molecule has 0 spiro atoms. The van der Waals surface area contributed by atoms with Crippen molar-refractivity contribution in [2.24, 2.45) is 0 Å². The third kappa shape index (κ3) is 5.39. The molecule has 0 saturated carbocycles. The molecule has 1 heterocycles. The summed E-state index contributed by atoms with van der Waals surface area (Å²) in [5.74, 6) is 0. The lowest BCUT2D eigenvalue weighted by Crippen LogP contribution is -2.26. The topological polar surface area (TPSA) is 72.8 Å². The summed E-state index contributed by atoms with van der Waals surface area (Å²) in [7, 11) is -4.11. The first kappa shape index (κ1) is 16.4. The van der Waals surface area contributed by atoms with Gasteiger partial charge in [-0.3, -0.25) is 4.55 Å². The highest BCUT2D eigenvalue weighted by atomic mass is 32.2. The third-order valence-corrected chi connectivity index (χ3v) is 4.45. The van der Waals surface area contributed by atoms with Crippen LogP contribution < -0.4 is 0 Å². The predicted molar refractivity (Wildman–Crippen MR) is 78.7 cm³/mol. The van der Waals surface area contributed by atoms with E-state index < -0.39 is 10.1 Å². The minimum atomic E-state index is -4.11. The van der Waals surface area contributed by atoms with E-state index in [1.54, 1.807) is 12.1 Å². The molecule has 1 N–H and O–H groups in total. The first-order valence-electron chi connectivity index (χ1n) is 7.28. The smallest absolute Gasteiger partial charge is 0.294 e. The van der Waals surface area contributed by atoms with Gasteiger partial charge in [0.05, 0.1) is 11.0 Å². The van der Waals surface area contributed by atoms with E-state index in [2.05, 4.69) is 0 Å². The molecule has 1 aromatic rings. The highest BCUT2D eigenvalue weighted by molar-refractivity contribution is 7.85. The van der Waals surface area contributed by atoms with Crippen LogP contribution in [-0.4, -0.2) is 32.0 Å². The van der Waals surface area contributed by atoms with E-state index in [1.807, 2.05) is 6.92 Å². The first-order valence-corrected chi connectivity index (χ1v) is 8.72. The molecule has 1 aliphatic rings. The van der Waals surface area contributed by atoms with Gasteiger partial charge in [-0.05, 0) is 56.7 Å². The van der Waals surface area contributed by atoms with E-state index in [0.717, 1.165) is 44.3 Å². The van der Waals surface area contributed by atoms with E-state index >= 15 is 0 Å². The maximum absolute atomic E-state index is 11.0. The number of ether oxygens (including phenoxy) is 2. The Morgan fingerprint density at radius 2 is 2.05 bits per heavy atom. The van der Waals surface area contributed by atoms with E-state index in [1.165, 1.54) is 12.1 Å². The average Bonchev–Trinajstić information content (AvgIpc) is 2.46. The van der Waals surface area contributed by atoms with Crippen molar-refractivity contribution >= 4 is 10.1 Å². The molecule has 21 heavy (non-hydrogen) atoms. The summed E-state index contributed by atoms with van der Waals surface area (Å²) < 4.78 is 42.2. The van der Waals surface area contributed by atoms with Crippen molar-refractivity contribution in [2.75, 3.05) is 6.61 Å². The van der Waals surface area contributed by atoms with Crippen molar-refractivity contribution in [3.63, 3.8) is 0 Å². The molecule has 0 radical (unpaired) electrons. The van der Waals surface area contributed by atoms with Gasteiger partial charge in [0.25, 0.3) is 10.1 Å². The highest BCUT2D eigenvalue weighted by Gasteiger charge is 2.17. The fourth-order valence-corrected chi connectivity index (χ4v) is 2.82. The summed E-state index contributed by atoms with van der Waals surface area (Å²) >= 11 is 0. The molecule has 0 aliphatic carbocycles. The number of rotatable bonds is 6. The van der Waals surface area contributed by atoms with Crippen molar-refractivity contribution in [3.8, 4) is 0 Å². The zero-order valence-corrected chi connectivity index (χ0v) is 13.0. The third-order valence-electron chi connectivity index (χ3n) is 3.58. The van der Waals surface area contributed by atoms with Crippen molar-refractivity contribution in [1.82, 2.24) is 0 Å². The molecule has 5 nitrogen and oxygen atoms in total. The molecule has 0 bridgehead atoms. The maximum atomic E-state index is 11.0. The Morgan fingerprint density at radius 1 is 1.33 bits per heavy atom. The summed E-state index contributed by atoms with van der Waals surface area (Å²) in [5, 5.41) is 0. The number of hydrogen-bond acceptors (Lipinski definition) is 4. The van der Waals surface area contributed by atoms with Crippen LogP contribution in [0.15, 0.2) is 29.2 Å². The van der Waals surface area contributed by atoms with Gasteiger partial charge in [-0.2, -0.15) is 8.42 Å². The zero-order valence-electron chi connectivity index (χ0n) is 12.2. The van der Waals surface area contributed by atoms with E-state index in [4.69, 9.17) is 14.0 Å². The molecule has 2 atom stereocenters. The molecule has 1 aromatic carbocycles. The number of hydrogen-bond donors (Lipinski definition) is 1. The summed E-state index contributed by atoms with van der Waals surface area (Å²) in [6, 6.07) is 6.26. The van der Waals surface area contributed by atoms with E-state index in [-0.39, 0.29) is 17.3 Å². The SMILES string of the molecule is CC(CCc1ccc(S(=O)(=O)O)cc1)OC1CCCCO1. The van der Waals surface area contributed by atoms with Crippen LogP contribution in [0.3, 0.4) is 0 Å². The number of aryl methyl sites for hydroxylation is 1. The van der Waals surface area contributed by atoms with Crippen LogP contribution in [0.2, 0.25) is 0 Å². The Morgan fingerprint density at radius 3 is 2.62 bits per heavy atom. The minimum absolute atomic E-state index is 0.0776. The molecular weight excluding hydrogens is 292 g/mol. The van der Waals surface area contributed by atoms with Crippen molar-refractivity contribution in [1.29, 1.82) is 0 Å². The van der Waals surface area contributed by atoms with Crippen LogP contribution in [0.25, 0.3) is 0 Å². The second-order valence-corrected chi connectivity index (χ2v) is 6.82. The molecular formula is C15H22O5S. The molecule has 6 heteroatoms. The van der Waals surface area contributed by atoms with Gasteiger partial charge in [0.15, 0.2) is 6.29 Å². The van der Waals surface area contributed by atoms with Crippen molar-refractivity contribution < 1.29 is 22.4 Å². The Hall–Kier alpha value is -0.950. The highest BCUT2D eigenvalue weighted by Crippen LogP contribution is 2.18. The summed E-state index contributed by atoms with van der Waals surface area (Å²) in [4.78, 5) is -0.0776. The second kappa shape index (κ2) is 7.35. The summed E-state index contributed by atoms with van der Waals surface area (Å²) in [6.07, 6.45) is 4.84. The Balaban J connectivity index is 1.79. The van der Waals surface area contributed by atoms with Crippen LogP contribution in [0.1, 0.15) is 38.2 Å². The fourth-order valence-electron chi connectivity index (χ4n) is 2.34. The largest absolute Gasteiger partial charge is 0.353 e. The molecule has 2 rings (SSSR count). The molecule has 118 valence electrons. The standard InChI is InChI=1S/C15H22O5S/c1-12(20-15-4-2-3-11-19-15)5-6-13-7-9-14(10-8-13)21(16,17)18/h7-10,12,15H,2-6,11H2,1H3,(H,16,17,18). The van der Waals surface area contributed by atoms with Crippen LogP contribution in [-0.2, 0) is 26.0 Å². The molecule has 1 fully saturated rings. The van der Waals surface area contributed by atoms with Gasteiger partial charge in [-0.15, -0.1) is 0 Å². The van der Waals surface area contributed by atoms with Crippen molar-refractivity contribution in [2.45, 2.75) is 56.3 Å².